The molecule has 0 amide bonds. The molecule has 0 heterocycles. The second kappa shape index (κ2) is 3.64. The molecule has 0 aliphatic rings. The number of aliphatic hydroxyl groups is 1. The van der Waals surface area contributed by atoms with E-state index in [1.807, 2.05) is 0 Å². The molecule has 0 aliphatic carbocycles. The maximum Gasteiger partial charge on any atom is 0.315 e. The van der Waals surface area contributed by atoms with Gasteiger partial charge in [-0.25, -0.2) is 0 Å². The predicted molar refractivity (Wildman–Crippen MR) is 28.9 cm³/mol. The first-order valence-corrected chi connectivity index (χ1v) is 3.15. The van der Waals surface area contributed by atoms with Crippen molar-refractivity contribution in [3.05, 3.63) is 0 Å². The largest absolute Gasteiger partial charge is 0.481 e. The van der Waals surface area contributed by atoms with Gasteiger partial charge >= 0.3 is 5.97 Å². The fourth-order valence-electron chi connectivity index (χ4n) is 0.179. The average molecular weight is 138 g/mol. The lowest BCUT2D eigenvalue weighted by Crippen LogP contribution is -2.17. The van der Waals surface area contributed by atoms with E-state index in [9.17, 15) is 9.36 Å². The number of hydrogen-bond acceptors (Lipinski definition) is 3. The van der Waals surface area contributed by atoms with Crippen molar-refractivity contribution in [1.29, 1.82) is 0 Å². The Morgan fingerprint density at radius 3 is 2.25 bits per heavy atom. The van der Waals surface area contributed by atoms with Gasteiger partial charge in [-0.1, -0.05) is 0 Å². The Balaban J connectivity index is 3.69. The molecule has 0 aromatic heterocycles. The smallest absolute Gasteiger partial charge is 0.315 e. The zero-order valence-electron chi connectivity index (χ0n) is 4.07. The molecule has 0 bridgehead atoms. The van der Waals surface area contributed by atoms with E-state index < -0.39 is 26.7 Å². The van der Waals surface area contributed by atoms with Gasteiger partial charge in [-0.2, -0.15) is 0 Å². The summed E-state index contributed by atoms with van der Waals surface area (Å²) in [5.74, 6) is -1.20. The van der Waals surface area contributed by atoms with Gasteiger partial charge in [-0.05, 0) is 0 Å². The van der Waals surface area contributed by atoms with Crippen LogP contribution in [-0.2, 0) is 9.36 Å². The quantitative estimate of drug-likeness (QED) is 0.500. The molecule has 2 unspecified atom stereocenters. The van der Waals surface area contributed by atoms with Gasteiger partial charge in [0.2, 0.25) is 0 Å². The number of carboxylic acid groups (broad SMARTS) is 1. The van der Waals surface area contributed by atoms with Crippen molar-refractivity contribution in [2.75, 3.05) is 6.61 Å². The van der Waals surface area contributed by atoms with Crippen molar-refractivity contribution >= 4 is 14.4 Å². The van der Waals surface area contributed by atoms with Gasteiger partial charge in [-0.3, -0.25) is 4.79 Å². The Bertz CT molecular complexity index is 101. The van der Waals surface area contributed by atoms with Crippen LogP contribution in [0.5, 0.6) is 0 Å². The highest BCUT2D eigenvalue weighted by atomic mass is 31.1. The van der Waals surface area contributed by atoms with Crippen molar-refractivity contribution in [3.63, 3.8) is 0 Å². The number of aliphatic hydroxyl groups excluding tert-OH is 1. The molecule has 2 N–H and O–H groups in total. The average Bonchev–Trinajstić information content (AvgIpc) is 1.69. The zero-order chi connectivity index (χ0) is 6.57. The SMILES string of the molecule is O=[PH2]C(CO)C(=O)O. The van der Waals surface area contributed by atoms with E-state index in [1.54, 1.807) is 0 Å². The molecule has 48 valence electrons. The highest BCUT2D eigenvalue weighted by Gasteiger charge is 2.12. The second-order valence-corrected chi connectivity index (χ2v) is 2.34. The van der Waals surface area contributed by atoms with E-state index in [2.05, 4.69) is 0 Å². The molecular formula is C3H7O4P. The lowest BCUT2D eigenvalue weighted by atomic mass is 10.5. The third-order valence-electron chi connectivity index (χ3n) is 0.678. The number of carbonyl (C=O) groups is 1. The van der Waals surface area contributed by atoms with Gasteiger partial charge in [0.1, 0.15) is 5.66 Å². The highest BCUT2D eigenvalue weighted by Crippen LogP contribution is 2.03. The van der Waals surface area contributed by atoms with Crippen LogP contribution in [0.4, 0.5) is 0 Å². The number of carboxylic acids is 1. The van der Waals surface area contributed by atoms with Crippen LogP contribution in [0.1, 0.15) is 0 Å². The highest BCUT2D eigenvalue weighted by molar-refractivity contribution is 7.26. The molecule has 0 saturated heterocycles. The molecule has 4 nitrogen and oxygen atoms in total. The van der Waals surface area contributed by atoms with E-state index >= 15 is 0 Å². The van der Waals surface area contributed by atoms with Crippen molar-refractivity contribution in [2.45, 2.75) is 5.66 Å². The minimum atomic E-state index is -1.39. The normalized spacial score (nSPS) is 14.6. The molecule has 0 aromatic carbocycles. The Labute approximate surface area is 47.3 Å². The van der Waals surface area contributed by atoms with Gasteiger partial charge < -0.3 is 14.8 Å². The summed E-state index contributed by atoms with van der Waals surface area (Å²) in [6.07, 6.45) is 0. The fourth-order valence-corrected chi connectivity index (χ4v) is 0.382. The summed E-state index contributed by atoms with van der Waals surface area (Å²) >= 11 is 0. The summed E-state index contributed by atoms with van der Waals surface area (Å²) in [4.78, 5) is 9.82. The predicted octanol–water partition coefficient (Wildman–Crippen LogP) is -0.812. The summed E-state index contributed by atoms with van der Waals surface area (Å²) in [7, 11) is -1.39. The van der Waals surface area contributed by atoms with E-state index in [0.717, 1.165) is 0 Å². The molecule has 8 heavy (non-hydrogen) atoms. The van der Waals surface area contributed by atoms with Crippen LogP contribution in [0.25, 0.3) is 0 Å². The topological polar surface area (TPSA) is 74.6 Å². The Hall–Kier alpha value is -0.340. The first kappa shape index (κ1) is 7.66. The monoisotopic (exact) mass is 138 g/mol. The minimum absolute atomic E-state index is 0.534. The first-order chi connectivity index (χ1) is 3.72. The first-order valence-electron chi connectivity index (χ1n) is 2.01. The number of hydrogen-bond donors (Lipinski definition) is 2. The van der Waals surface area contributed by atoms with Crippen LogP contribution in [0.2, 0.25) is 0 Å². The third kappa shape index (κ3) is 2.09. The van der Waals surface area contributed by atoms with Gasteiger partial charge in [-0.15, -0.1) is 0 Å². The van der Waals surface area contributed by atoms with Crippen LogP contribution in [0.3, 0.4) is 0 Å². The molecule has 0 saturated carbocycles. The zero-order valence-corrected chi connectivity index (χ0v) is 5.23. The van der Waals surface area contributed by atoms with Gasteiger partial charge in [0, 0.05) is 0 Å². The van der Waals surface area contributed by atoms with Crippen molar-refractivity contribution in [3.8, 4) is 0 Å². The molecule has 0 aliphatic heterocycles. The molecule has 0 aromatic rings. The van der Waals surface area contributed by atoms with E-state index in [1.165, 1.54) is 0 Å². The van der Waals surface area contributed by atoms with Gasteiger partial charge in [0.15, 0.2) is 0 Å². The van der Waals surface area contributed by atoms with E-state index in [4.69, 9.17) is 10.2 Å². The number of rotatable bonds is 3. The molecule has 0 spiro atoms. The van der Waals surface area contributed by atoms with Crippen LogP contribution in [0, 0.1) is 0 Å². The molecule has 2 atom stereocenters. The summed E-state index contributed by atoms with van der Waals surface area (Å²) in [6, 6.07) is 0. The lowest BCUT2D eigenvalue weighted by Gasteiger charge is -1.95. The van der Waals surface area contributed by atoms with Crippen LogP contribution < -0.4 is 0 Å². The van der Waals surface area contributed by atoms with Gasteiger partial charge in [0.25, 0.3) is 0 Å². The van der Waals surface area contributed by atoms with E-state index in [-0.39, 0.29) is 0 Å². The van der Waals surface area contributed by atoms with Crippen molar-refractivity contribution < 1.29 is 19.6 Å². The van der Waals surface area contributed by atoms with Crippen LogP contribution >= 0.6 is 8.46 Å². The maximum absolute atomic E-state index is 9.85. The minimum Gasteiger partial charge on any atom is -0.481 e. The molecule has 0 radical (unpaired) electrons. The molecular weight excluding hydrogens is 131 g/mol. The van der Waals surface area contributed by atoms with Crippen molar-refractivity contribution in [2.24, 2.45) is 0 Å². The Kier molecular flexibility index (Phi) is 3.48. The Morgan fingerprint density at radius 1 is 1.75 bits per heavy atom. The van der Waals surface area contributed by atoms with Crippen LogP contribution in [-0.4, -0.2) is 28.4 Å². The second-order valence-electron chi connectivity index (χ2n) is 1.26. The van der Waals surface area contributed by atoms with Crippen LogP contribution in [0.15, 0.2) is 0 Å². The standard InChI is InChI=1S/C3H7O4P/c4-1-2(8-7)3(5)6/h2,4H,1,8H2,(H,5,6). The molecule has 0 rings (SSSR count). The van der Waals surface area contributed by atoms with Gasteiger partial charge in [0.05, 0.1) is 15.1 Å². The summed E-state index contributed by atoms with van der Waals surface area (Å²) < 4.78 is 9.85. The summed E-state index contributed by atoms with van der Waals surface area (Å²) in [5.41, 5.74) is -1.05. The lowest BCUT2D eigenvalue weighted by molar-refractivity contribution is -0.137. The fraction of sp³-hybridized carbons (Fsp3) is 0.667. The molecule has 0 fully saturated rings. The Morgan fingerprint density at radius 2 is 2.25 bits per heavy atom. The maximum atomic E-state index is 9.85. The van der Waals surface area contributed by atoms with E-state index in [0.29, 0.717) is 0 Å². The number of aliphatic carboxylic acids is 1. The molecule has 5 heteroatoms. The third-order valence-corrected chi connectivity index (χ3v) is 1.50. The summed E-state index contributed by atoms with van der Waals surface area (Å²) in [5, 5.41) is 16.2. The van der Waals surface area contributed by atoms with Crippen molar-refractivity contribution in [1.82, 2.24) is 0 Å². The summed E-state index contributed by atoms with van der Waals surface area (Å²) in [6.45, 7) is -0.534.